The SMILES string of the molecule is Cc1ccc(S(=O)(=O)N2C3CCNCC2CC3)cc1C(F)(F)F.Cl. The Hall–Kier alpha value is -0.830. The molecule has 2 fully saturated rings. The molecule has 0 spiro atoms. The van der Waals surface area contributed by atoms with E-state index in [0.29, 0.717) is 13.0 Å². The Labute approximate surface area is 145 Å². The zero-order valence-corrected chi connectivity index (χ0v) is 14.8. The van der Waals surface area contributed by atoms with Gasteiger partial charge in [-0.15, -0.1) is 12.4 Å². The Morgan fingerprint density at radius 1 is 1.17 bits per heavy atom. The Morgan fingerprint density at radius 3 is 2.50 bits per heavy atom. The molecule has 2 aliphatic heterocycles. The number of hydrogen-bond acceptors (Lipinski definition) is 3. The maximum absolute atomic E-state index is 13.1. The van der Waals surface area contributed by atoms with Gasteiger partial charge in [-0.1, -0.05) is 6.07 Å². The Morgan fingerprint density at radius 2 is 1.83 bits per heavy atom. The van der Waals surface area contributed by atoms with Gasteiger partial charge in [-0.25, -0.2) is 8.42 Å². The molecule has 2 aliphatic rings. The highest BCUT2D eigenvalue weighted by atomic mass is 35.5. The van der Waals surface area contributed by atoms with E-state index in [-0.39, 0.29) is 34.9 Å². The standard InChI is InChI=1S/C15H19F3N2O2S.ClH/c1-10-2-5-13(8-14(10)15(16,17)18)23(21,22)20-11-3-4-12(20)9-19-7-6-11;/h2,5,8,11-12,19H,3-4,6-7,9H2,1H3;1H. The van der Waals surface area contributed by atoms with E-state index in [1.165, 1.54) is 23.4 Å². The third-order valence-corrected chi connectivity index (χ3v) is 6.68. The lowest BCUT2D eigenvalue weighted by Gasteiger charge is -2.27. The van der Waals surface area contributed by atoms with E-state index in [0.717, 1.165) is 25.5 Å². The molecule has 2 heterocycles. The van der Waals surface area contributed by atoms with Crippen LogP contribution in [0.2, 0.25) is 0 Å². The van der Waals surface area contributed by atoms with Crippen molar-refractivity contribution in [2.75, 3.05) is 13.1 Å². The smallest absolute Gasteiger partial charge is 0.315 e. The molecular weight excluding hydrogens is 365 g/mol. The molecule has 2 unspecified atom stereocenters. The Bertz CT molecular complexity index is 695. The number of benzene rings is 1. The topological polar surface area (TPSA) is 49.4 Å². The van der Waals surface area contributed by atoms with Crippen molar-refractivity contribution in [2.24, 2.45) is 0 Å². The average molecular weight is 385 g/mol. The summed E-state index contributed by atoms with van der Waals surface area (Å²) in [6.07, 6.45) is -2.36. The third kappa shape index (κ3) is 3.42. The number of nitrogens with zero attached hydrogens (tertiary/aromatic N) is 1. The van der Waals surface area contributed by atoms with Crippen molar-refractivity contribution in [1.29, 1.82) is 0 Å². The molecule has 1 aromatic carbocycles. The van der Waals surface area contributed by atoms with Gasteiger partial charge >= 0.3 is 6.18 Å². The lowest BCUT2D eigenvalue weighted by molar-refractivity contribution is -0.138. The minimum Gasteiger partial charge on any atom is -0.315 e. The van der Waals surface area contributed by atoms with Crippen molar-refractivity contribution in [1.82, 2.24) is 9.62 Å². The largest absolute Gasteiger partial charge is 0.416 e. The van der Waals surface area contributed by atoms with Crippen LogP contribution in [0.15, 0.2) is 23.1 Å². The molecule has 1 N–H and O–H groups in total. The summed E-state index contributed by atoms with van der Waals surface area (Å²) in [6, 6.07) is 2.96. The molecule has 136 valence electrons. The van der Waals surface area contributed by atoms with Gasteiger partial charge in [0.15, 0.2) is 0 Å². The van der Waals surface area contributed by atoms with Crippen molar-refractivity contribution < 1.29 is 21.6 Å². The van der Waals surface area contributed by atoms with E-state index < -0.39 is 21.8 Å². The number of aryl methyl sites for hydroxylation is 1. The fourth-order valence-corrected chi connectivity index (χ4v) is 5.45. The first kappa shape index (κ1) is 19.5. The Balaban J connectivity index is 0.00000208. The van der Waals surface area contributed by atoms with Gasteiger partial charge in [0, 0.05) is 18.6 Å². The molecular formula is C15H20ClF3N2O2S. The van der Waals surface area contributed by atoms with Crippen LogP contribution in [0, 0.1) is 6.92 Å². The molecule has 0 saturated carbocycles. The van der Waals surface area contributed by atoms with E-state index in [4.69, 9.17) is 0 Å². The molecule has 0 amide bonds. The van der Waals surface area contributed by atoms with Crippen LogP contribution in [0.4, 0.5) is 13.2 Å². The fourth-order valence-electron chi connectivity index (χ4n) is 3.52. The molecule has 0 radical (unpaired) electrons. The highest BCUT2D eigenvalue weighted by molar-refractivity contribution is 7.89. The van der Waals surface area contributed by atoms with Crippen LogP contribution in [0.25, 0.3) is 0 Å². The minimum absolute atomic E-state index is 0. The number of fused-ring (bicyclic) bond motifs is 2. The Kier molecular flexibility index (Phi) is 5.54. The van der Waals surface area contributed by atoms with Crippen molar-refractivity contribution >= 4 is 22.4 Å². The van der Waals surface area contributed by atoms with E-state index in [1.807, 2.05) is 0 Å². The zero-order chi connectivity index (χ0) is 16.8. The van der Waals surface area contributed by atoms with E-state index in [1.54, 1.807) is 0 Å². The number of alkyl halides is 3. The van der Waals surface area contributed by atoms with Gasteiger partial charge in [-0.2, -0.15) is 17.5 Å². The van der Waals surface area contributed by atoms with Gasteiger partial charge < -0.3 is 5.32 Å². The van der Waals surface area contributed by atoms with Gasteiger partial charge in [0.05, 0.1) is 10.5 Å². The first-order chi connectivity index (χ1) is 10.7. The molecule has 2 bridgehead atoms. The van der Waals surface area contributed by atoms with Crippen LogP contribution in [0.3, 0.4) is 0 Å². The summed E-state index contributed by atoms with van der Waals surface area (Å²) in [5, 5.41) is 3.19. The molecule has 1 aromatic rings. The monoisotopic (exact) mass is 384 g/mol. The summed E-state index contributed by atoms with van der Waals surface area (Å²) < 4.78 is 66.5. The van der Waals surface area contributed by atoms with Gasteiger partial charge in [0.2, 0.25) is 10.0 Å². The number of nitrogens with one attached hydrogen (secondary N) is 1. The van der Waals surface area contributed by atoms with Crippen molar-refractivity contribution in [3.05, 3.63) is 29.3 Å². The van der Waals surface area contributed by atoms with Crippen LogP contribution in [0.5, 0.6) is 0 Å². The van der Waals surface area contributed by atoms with Crippen LogP contribution in [-0.4, -0.2) is 37.9 Å². The normalized spacial score (nSPS) is 25.2. The molecule has 4 nitrogen and oxygen atoms in total. The second-order valence-electron chi connectivity index (χ2n) is 6.19. The fraction of sp³-hybridized carbons (Fsp3) is 0.600. The predicted molar refractivity (Wildman–Crippen MR) is 86.8 cm³/mol. The van der Waals surface area contributed by atoms with Crippen molar-refractivity contribution in [2.45, 2.75) is 49.3 Å². The summed E-state index contributed by atoms with van der Waals surface area (Å²) in [4.78, 5) is -0.269. The average Bonchev–Trinajstić information content (AvgIpc) is 2.71. The highest BCUT2D eigenvalue weighted by Crippen LogP contribution is 2.37. The molecule has 2 atom stereocenters. The minimum atomic E-state index is -4.56. The quantitative estimate of drug-likeness (QED) is 0.852. The third-order valence-electron chi connectivity index (χ3n) is 4.68. The lowest BCUT2D eigenvalue weighted by Crippen LogP contribution is -2.42. The number of sulfonamides is 1. The van der Waals surface area contributed by atoms with Crippen LogP contribution in [0.1, 0.15) is 30.4 Å². The zero-order valence-electron chi connectivity index (χ0n) is 13.1. The molecule has 0 aromatic heterocycles. The van der Waals surface area contributed by atoms with Crippen molar-refractivity contribution in [3.63, 3.8) is 0 Å². The van der Waals surface area contributed by atoms with Gasteiger partial charge in [0.1, 0.15) is 0 Å². The first-order valence-electron chi connectivity index (χ1n) is 7.63. The van der Waals surface area contributed by atoms with Crippen LogP contribution >= 0.6 is 12.4 Å². The highest BCUT2D eigenvalue weighted by Gasteiger charge is 2.43. The summed E-state index contributed by atoms with van der Waals surface area (Å²) in [5.41, 5.74) is -0.865. The summed E-state index contributed by atoms with van der Waals surface area (Å²) in [5.74, 6) is 0. The van der Waals surface area contributed by atoms with E-state index >= 15 is 0 Å². The van der Waals surface area contributed by atoms with E-state index in [9.17, 15) is 21.6 Å². The summed E-state index contributed by atoms with van der Waals surface area (Å²) >= 11 is 0. The number of rotatable bonds is 2. The molecule has 3 rings (SSSR count). The summed E-state index contributed by atoms with van der Waals surface area (Å²) in [6.45, 7) is 2.61. The number of halogens is 4. The lowest BCUT2D eigenvalue weighted by atomic mass is 10.1. The van der Waals surface area contributed by atoms with E-state index in [2.05, 4.69) is 5.32 Å². The molecule has 9 heteroatoms. The second-order valence-corrected chi connectivity index (χ2v) is 8.03. The first-order valence-corrected chi connectivity index (χ1v) is 9.07. The van der Waals surface area contributed by atoms with Crippen LogP contribution in [-0.2, 0) is 16.2 Å². The summed E-state index contributed by atoms with van der Waals surface area (Å²) in [7, 11) is -3.93. The molecule has 2 saturated heterocycles. The molecule has 0 aliphatic carbocycles. The second kappa shape index (κ2) is 6.82. The molecule has 24 heavy (non-hydrogen) atoms. The van der Waals surface area contributed by atoms with Crippen LogP contribution < -0.4 is 5.32 Å². The predicted octanol–water partition coefficient (Wildman–Crippen LogP) is 2.95. The van der Waals surface area contributed by atoms with Gasteiger partial charge in [0.25, 0.3) is 0 Å². The number of hydrogen-bond donors (Lipinski definition) is 1. The maximum atomic E-state index is 13.1. The van der Waals surface area contributed by atoms with Gasteiger partial charge in [-0.3, -0.25) is 0 Å². The maximum Gasteiger partial charge on any atom is 0.416 e. The van der Waals surface area contributed by atoms with Gasteiger partial charge in [-0.05, 0) is 50.4 Å². The van der Waals surface area contributed by atoms with Crippen molar-refractivity contribution in [3.8, 4) is 0 Å².